The number of carboxylic acids is 1. The zero-order chi connectivity index (χ0) is 15.5. The van der Waals surface area contributed by atoms with Gasteiger partial charge >= 0.3 is 12.1 Å². The molecule has 1 heterocycles. The van der Waals surface area contributed by atoms with Crippen molar-refractivity contribution in [2.24, 2.45) is 0 Å². The predicted molar refractivity (Wildman–Crippen MR) is 72.5 cm³/mol. The molecule has 0 saturated carbocycles. The van der Waals surface area contributed by atoms with E-state index < -0.39 is 18.7 Å². The number of aromatic carboxylic acids is 1. The summed E-state index contributed by atoms with van der Waals surface area (Å²) >= 11 is 0. The van der Waals surface area contributed by atoms with E-state index in [2.05, 4.69) is 5.32 Å². The second-order valence-electron chi connectivity index (χ2n) is 5.16. The van der Waals surface area contributed by atoms with Crippen molar-refractivity contribution in [1.82, 2.24) is 4.90 Å². The number of carbonyl (C=O) groups is 1. The van der Waals surface area contributed by atoms with E-state index >= 15 is 0 Å². The molecular weight excluding hydrogens is 285 g/mol. The number of hydrogen-bond acceptors (Lipinski definition) is 3. The van der Waals surface area contributed by atoms with Gasteiger partial charge in [-0.2, -0.15) is 13.2 Å². The van der Waals surface area contributed by atoms with Crippen molar-refractivity contribution in [3.05, 3.63) is 29.8 Å². The highest BCUT2D eigenvalue weighted by atomic mass is 19.4. The van der Waals surface area contributed by atoms with Crippen LogP contribution >= 0.6 is 0 Å². The Bertz CT molecular complexity index is 497. The molecule has 0 bridgehead atoms. The highest BCUT2D eigenvalue weighted by Crippen LogP contribution is 2.23. The summed E-state index contributed by atoms with van der Waals surface area (Å²) in [6.45, 7) is -0.176. The number of carboxylic acid groups (broad SMARTS) is 1. The van der Waals surface area contributed by atoms with Crippen LogP contribution in [0.1, 0.15) is 23.2 Å². The van der Waals surface area contributed by atoms with Crippen molar-refractivity contribution in [2.75, 3.05) is 25.0 Å². The maximum atomic E-state index is 12.3. The molecule has 1 aromatic rings. The number of para-hydroxylation sites is 1. The van der Waals surface area contributed by atoms with Crippen LogP contribution in [0, 0.1) is 0 Å². The topological polar surface area (TPSA) is 52.6 Å². The number of nitrogens with zero attached hydrogens (tertiary/aromatic N) is 1. The molecule has 0 aromatic heterocycles. The Hall–Kier alpha value is -1.76. The number of piperidine rings is 1. The van der Waals surface area contributed by atoms with E-state index in [1.807, 2.05) is 0 Å². The van der Waals surface area contributed by atoms with Gasteiger partial charge in [-0.3, -0.25) is 4.90 Å². The van der Waals surface area contributed by atoms with Crippen molar-refractivity contribution in [3.8, 4) is 0 Å². The number of nitrogens with one attached hydrogen (secondary N) is 1. The van der Waals surface area contributed by atoms with Crippen LogP contribution in [0.4, 0.5) is 18.9 Å². The molecule has 0 unspecified atom stereocenters. The molecule has 116 valence electrons. The molecule has 0 aliphatic carbocycles. The number of alkyl halides is 3. The SMILES string of the molecule is O=C(O)c1ccccc1NC1CCN(CC(F)(F)F)CC1. The number of halogens is 3. The van der Waals surface area contributed by atoms with Crippen LogP contribution in [0.15, 0.2) is 24.3 Å². The third-order valence-electron chi connectivity index (χ3n) is 3.51. The molecule has 2 rings (SSSR count). The van der Waals surface area contributed by atoms with Crippen molar-refractivity contribution in [3.63, 3.8) is 0 Å². The van der Waals surface area contributed by atoms with Crippen LogP contribution < -0.4 is 5.32 Å². The number of likely N-dealkylation sites (tertiary alicyclic amines) is 1. The molecule has 0 radical (unpaired) electrons. The summed E-state index contributed by atoms with van der Waals surface area (Å²) in [5.74, 6) is -1.02. The Morgan fingerprint density at radius 3 is 2.48 bits per heavy atom. The minimum Gasteiger partial charge on any atom is -0.478 e. The second-order valence-corrected chi connectivity index (χ2v) is 5.16. The average Bonchev–Trinajstić information content (AvgIpc) is 2.40. The first-order chi connectivity index (χ1) is 9.85. The second kappa shape index (κ2) is 6.34. The fraction of sp³-hybridized carbons (Fsp3) is 0.500. The van der Waals surface area contributed by atoms with Gasteiger partial charge in [-0.1, -0.05) is 12.1 Å². The Kier molecular flexibility index (Phi) is 4.72. The molecule has 1 aliphatic heterocycles. The van der Waals surface area contributed by atoms with Gasteiger partial charge in [0, 0.05) is 24.8 Å². The maximum Gasteiger partial charge on any atom is 0.401 e. The van der Waals surface area contributed by atoms with Crippen molar-refractivity contribution >= 4 is 11.7 Å². The van der Waals surface area contributed by atoms with E-state index in [1.165, 1.54) is 11.0 Å². The molecule has 1 fully saturated rings. The van der Waals surface area contributed by atoms with Gasteiger partial charge in [0.05, 0.1) is 12.1 Å². The Morgan fingerprint density at radius 2 is 1.90 bits per heavy atom. The van der Waals surface area contributed by atoms with E-state index in [0.717, 1.165) is 0 Å². The molecule has 0 atom stereocenters. The van der Waals surface area contributed by atoms with Crippen molar-refractivity contribution in [1.29, 1.82) is 0 Å². The van der Waals surface area contributed by atoms with Gasteiger partial charge in [0.2, 0.25) is 0 Å². The highest BCUT2D eigenvalue weighted by Gasteiger charge is 2.32. The van der Waals surface area contributed by atoms with Gasteiger partial charge in [-0.05, 0) is 25.0 Å². The van der Waals surface area contributed by atoms with Crippen LogP contribution in [0.25, 0.3) is 0 Å². The molecule has 1 aliphatic rings. The van der Waals surface area contributed by atoms with Gasteiger partial charge in [0.15, 0.2) is 0 Å². The minimum absolute atomic E-state index is 0.00464. The van der Waals surface area contributed by atoms with Crippen LogP contribution in [-0.2, 0) is 0 Å². The highest BCUT2D eigenvalue weighted by molar-refractivity contribution is 5.94. The molecule has 0 spiro atoms. The molecule has 21 heavy (non-hydrogen) atoms. The first-order valence-corrected chi connectivity index (χ1v) is 6.73. The van der Waals surface area contributed by atoms with Crippen LogP contribution in [0.3, 0.4) is 0 Å². The largest absolute Gasteiger partial charge is 0.478 e. The van der Waals surface area contributed by atoms with E-state index in [4.69, 9.17) is 5.11 Å². The molecule has 2 N–H and O–H groups in total. The number of hydrogen-bond donors (Lipinski definition) is 2. The van der Waals surface area contributed by atoms with E-state index in [-0.39, 0.29) is 11.6 Å². The van der Waals surface area contributed by atoms with Crippen LogP contribution in [0.5, 0.6) is 0 Å². The summed E-state index contributed by atoms with van der Waals surface area (Å²) in [4.78, 5) is 12.5. The smallest absolute Gasteiger partial charge is 0.401 e. The minimum atomic E-state index is -4.17. The van der Waals surface area contributed by atoms with E-state index in [1.54, 1.807) is 18.2 Å². The van der Waals surface area contributed by atoms with Crippen LogP contribution in [0.2, 0.25) is 0 Å². The monoisotopic (exact) mass is 302 g/mol. The standard InChI is InChI=1S/C14H17F3N2O2/c15-14(16,17)9-19-7-5-10(6-8-19)18-12-4-2-1-3-11(12)13(20)21/h1-4,10,18H,5-9H2,(H,20,21). The first kappa shape index (κ1) is 15.6. The predicted octanol–water partition coefficient (Wildman–Crippen LogP) is 2.82. The molecule has 7 heteroatoms. The lowest BCUT2D eigenvalue weighted by molar-refractivity contribution is -0.147. The lowest BCUT2D eigenvalue weighted by atomic mass is 10.0. The fourth-order valence-electron chi connectivity index (χ4n) is 2.50. The first-order valence-electron chi connectivity index (χ1n) is 6.73. The molecule has 1 saturated heterocycles. The third kappa shape index (κ3) is 4.63. The number of rotatable bonds is 4. The summed E-state index contributed by atoms with van der Waals surface area (Å²) in [6, 6.07) is 6.54. The summed E-state index contributed by atoms with van der Waals surface area (Å²) in [7, 11) is 0. The lowest BCUT2D eigenvalue weighted by Gasteiger charge is -2.33. The fourth-order valence-corrected chi connectivity index (χ4v) is 2.50. The summed E-state index contributed by atoms with van der Waals surface area (Å²) < 4.78 is 36.9. The quantitative estimate of drug-likeness (QED) is 0.898. The Labute approximate surface area is 120 Å². The summed E-state index contributed by atoms with van der Waals surface area (Å²) in [5.41, 5.74) is 0.689. The Morgan fingerprint density at radius 1 is 1.29 bits per heavy atom. The van der Waals surface area contributed by atoms with E-state index in [9.17, 15) is 18.0 Å². The molecule has 1 aromatic carbocycles. The van der Waals surface area contributed by atoms with Crippen LogP contribution in [-0.4, -0.2) is 47.8 Å². The number of anilines is 1. The van der Waals surface area contributed by atoms with E-state index in [0.29, 0.717) is 31.6 Å². The number of benzene rings is 1. The average molecular weight is 302 g/mol. The van der Waals surface area contributed by atoms with Gasteiger partial charge in [0.1, 0.15) is 0 Å². The molecule has 0 amide bonds. The van der Waals surface area contributed by atoms with Gasteiger partial charge in [-0.25, -0.2) is 4.79 Å². The van der Waals surface area contributed by atoms with Crippen molar-refractivity contribution in [2.45, 2.75) is 25.1 Å². The third-order valence-corrected chi connectivity index (χ3v) is 3.51. The lowest BCUT2D eigenvalue weighted by Crippen LogP contribution is -2.43. The van der Waals surface area contributed by atoms with Gasteiger partial charge in [-0.15, -0.1) is 0 Å². The normalized spacial score (nSPS) is 17.7. The summed E-state index contributed by atoms with van der Waals surface area (Å²) in [5, 5.41) is 12.2. The zero-order valence-electron chi connectivity index (χ0n) is 11.4. The Balaban J connectivity index is 1.91. The molecular formula is C14H17F3N2O2. The van der Waals surface area contributed by atoms with Crippen molar-refractivity contribution < 1.29 is 23.1 Å². The zero-order valence-corrected chi connectivity index (χ0v) is 11.4. The molecule has 4 nitrogen and oxygen atoms in total. The maximum absolute atomic E-state index is 12.3. The van der Waals surface area contributed by atoms with Gasteiger partial charge < -0.3 is 10.4 Å². The summed E-state index contributed by atoms with van der Waals surface area (Å²) in [6.07, 6.45) is -3.05. The van der Waals surface area contributed by atoms with Gasteiger partial charge in [0.25, 0.3) is 0 Å².